The van der Waals surface area contributed by atoms with Gasteiger partial charge in [0.2, 0.25) is 0 Å². The monoisotopic (exact) mass is 294 g/mol. The lowest BCUT2D eigenvalue weighted by Gasteiger charge is -2.26. The van der Waals surface area contributed by atoms with Gasteiger partial charge in [0.05, 0.1) is 0 Å². The first-order valence-electron chi connectivity index (χ1n) is 7.20. The Bertz CT molecular complexity index is 515. The van der Waals surface area contributed by atoms with Crippen molar-refractivity contribution in [2.24, 2.45) is 0 Å². The molecule has 0 radical (unpaired) electrons. The molecule has 2 fully saturated rings. The van der Waals surface area contributed by atoms with Crippen molar-refractivity contribution in [1.29, 1.82) is 0 Å². The third kappa shape index (κ3) is 2.60. The first-order valence-corrected chi connectivity index (χ1v) is 7.20. The van der Waals surface area contributed by atoms with E-state index in [-0.39, 0.29) is 12.2 Å². The molecule has 21 heavy (non-hydrogen) atoms. The van der Waals surface area contributed by atoms with Crippen LogP contribution in [0.1, 0.15) is 31.1 Å². The molecule has 1 aromatic rings. The van der Waals surface area contributed by atoms with Crippen LogP contribution in [0.25, 0.3) is 0 Å². The van der Waals surface area contributed by atoms with Gasteiger partial charge in [-0.2, -0.15) is 0 Å². The molecule has 1 aromatic carbocycles. The molecule has 1 N–H and O–H groups in total. The summed E-state index contributed by atoms with van der Waals surface area (Å²) in [7, 11) is 1.57. The van der Waals surface area contributed by atoms with Crippen molar-refractivity contribution in [3.05, 3.63) is 35.4 Å². The summed E-state index contributed by atoms with van der Waals surface area (Å²) in [4.78, 5) is 0. The van der Waals surface area contributed by atoms with E-state index < -0.39 is 24.3 Å². The normalized spacial score (nSPS) is 35.7. The minimum atomic E-state index is -0.781. The number of hydrogen-bond donors (Lipinski definition) is 1. The molecule has 3 rings (SSSR count). The van der Waals surface area contributed by atoms with Gasteiger partial charge in [-0.15, -0.1) is 0 Å². The molecular formula is C16H22O5. The first-order chi connectivity index (χ1) is 9.93. The van der Waals surface area contributed by atoms with Crippen LogP contribution in [-0.2, 0) is 18.9 Å². The van der Waals surface area contributed by atoms with Crippen LogP contribution in [0.3, 0.4) is 0 Å². The van der Waals surface area contributed by atoms with Crippen molar-refractivity contribution < 1.29 is 24.1 Å². The third-order valence-corrected chi connectivity index (χ3v) is 4.10. The smallest absolute Gasteiger partial charge is 0.186 e. The molecule has 5 heteroatoms. The predicted molar refractivity (Wildman–Crippen MR) is 75.6 cm³/mol. The fraction of sp³-hybridized carbons (Fsp3) is 0.625. The highest BCUT2D eigenvalue weighted by atomic mass is 16.8. The molecule has 0 aromatic heterocycles. The number of rotatable bonds is 3. The van der Waals surface area contributed by atoms with Crippen LogP contribution < -0.4 is 0 Å². The summed E-state index contributed by atoms with van der Waals surface area (Å²) < 4.78 is 22.9. The Hall–Kier alpha value is -0.980. The third-order valence-electron chi connectivity index (χ3n) is 4.10. The van der Waals surface area contributed by atoms with Crippen LogP contribution in [0.15, 0.2) is 24.3 Å². The second kappa shape index (κ2) is 5.34. The van der Waals surface area contributed by atoms with Crippen molar-refractivity contribution in [1.82, 2.24) is 0 Å². The minimum absolute atomic E-state index is 0.325. The van der Waals surface area contributed by atoms with E-state index in [1.807, 2.05) is 45.0 Å². The maximum atomic E-state index is 10.7. The van der Waals surface area contributed by atoms with Crippen molar-refractivity contribution >= 4 is 0 Å². The first kappa shape index (κ1) is 14.9. The van der Waals surface area contributed by atoms with Gasteiger partial charge in [-0.3, -0.25) is 0 Å². The molecule has 0 spiro atoms. The van der Waals surface area contributed by atoms with Gasteiger partial charge in [-0.25, -0.2) is 0 Å². The van der Waals surface area contributed by atoms with Crippen molar-refractivity contribution in [2.45, 2.75) is 57.3 Å². The van der Waals surface area contributed by atoms with Crippen LogP contribution in [0.4, 0.5) is 0 Å². The molecule has 0 aliphatic carbocycles. The van der Waals surface area contributed by atoms with Gasteiger partial charge in [0.25, 0.3) is 0 Å². The molecule has 2 saturated heterocycles. The van der Waals surface area contributed by atoms with E-state index in [9.17, 15) is 5.11 Å². The fourth-order valence-corrected chi connectivity index (χ4v) is 3.13. The van der Waals surface area contributed by atoms with Crippen molar-refractivity contribution in [2.75, 3.05) is 7.11 Å². The maximum Gasteiger partial charge on any atom is 0.186 e. The second-order valence-electron chi connectivity index (χ2n) is 6.07. The number of aliphatic hydroxyl groups is 1. The Labute approximate surface area is 124 Å². The Balaban J connectivity index is 1.87. The molecular weight excluding hydrogens is 272 g/mol. The van der Waals surface area contributed by atoms with Crippen LogP contribution >= 0.6 is 0 Å². The van der Waals surface area contributed by atoms with E-state index >= 15 is 0 Å². The largest absolute Gasteiger partial charge is 0.386 e. The summed E-state index contributed by atoms with van der Waals surface area (Å²) in [6.07, 6.45) is -2.49. The SMILES string of the molecule is CO[C@@H]1O[C@H]([C@@H](O)c2ccccc2C)[C@H]2OC(C)(C)O[C@@H]12. The molecule has 5 nitrogen and oxygen atoms in total. The average molecular weight is 294 g/mol. The van der Waals surface area contributed by atoms with E-state index in [2.05, 4.69) is 0 Å². The Morgan fingerprint density at radius 2 is 1.86 bits per heavy atom. The van der Waals surface area contributed by atoms with E-state index in [0.29, 0.717) is 0 Å². The number of fused-ring (bicyclic) bond motifs is 1. The standard InChI is InChI=1S/C16H22O5/c1-9-7-5-6-8-10(9)11(17)12-13-14(15(18-4)19-12)21-16(2,3)20-13/h5-8,11-15,17H,1-4H3/t11-,12+,13+,14+,15+/m0/s1. The summed E-state index contributed by atoms with van der Waals surface area (Å²) in [6, 6.07) is 7.72. The summed E-state index contributed by atoms with van der Waals surface area (Å²) in [6.45, 7) is 5.68. The maximum absolute atomic E-state index is 10.7. The van der Waals surface area contributed by atoms with Gasteiger partial charge in [-0.05, 0) is 31.9 Å². The number of hydrogen-bond acceptors (Lipinski definition) is 5. The van der Waals surface area contributed by atoms with Gasteiger partial charge < -0.3 is 24.1 Å². The highest BCUT2D eigenvalue weighted by Crippen LogP contribution is 2.43. The van der Waals surface area contributed by atoms with Crippen LogP contribution in [0, 0.1) is 6.92 Å². The zero-order valence-electron chi connectivity index (χ0n) is 12.8. The van der Waals surface area contributed by atoms with Crippen LogP contribution in [-0.4, -0.2) is 42.6 Å². The zero-order valence-corrected chi connectivity index (χ0v) is 12.8. The molecule has 2 aliphatic rings. The number of ether oxygens (including phenoxy) is 4. The lowest BCUT2D eigenvalue weighted by Crippen LogP contribution is -2.34. The fourth-order valence-electron chi connectivity index (χ4n) is 3.13. The molecule has 5 atom stereocenters. The van der Waals surface area contributed by atoms with E-state index in [4.69, 9.17) is 18.9 Å². The Morgan fingerprint density at radius 1 is 1.19 bits per heavy atom. The number of aliphatic hydroxyl groups excluding tert-OH is 1. The molecule has 116 valence electrons. The summed E-state index contributed by atoms with van der Waals surface area (Å²) in [5, 5.41) is 10.7. The zero-order chi connectivity index (χ0) is 15.2. The highest BCUT2D eigenvalue weighted by Gasteiger charge is 2.57. The number of aryl methyl sites for hydroxylation is 1. The van der Waals surface area contributed by atoms with Gasteiger partial charge in [0.15, 0.2) is 12.1 Å². The summed E-state index contributed by atoms with van der Waals surface area (Å²) in [5.74, 6) is -0.695. The lowest BCUT2D eigenvalue weighted by atomic mass is 9.96. The van der Waals surface area contributed by atoms with Crippen molar-refractivity contribution in [3.63, 3.8) is 0 Å². The molecule has 2 heterocycles. The topological polar surface area (TPSA) is 57.2 Å². The second-order valence-corrected chi connectivity index (χ2v) is 6.07. The van der Waals surface area contributed by atoms with Gasteiger partial charge in [-0.1, -0.05) is 24.3 Å². The van der Waals surface area contributed by atoms with Crippen LogP contribution in [0.5, 0.6) is 0 Å². The van der Waals surface area contributed by atoms with E-state index in [0.717, 1.165) is 11.1 Å². The molecule has 0 saturated carbocycles. The average Bonchev–Trinajstić information content (AvgIpc) is 2.91. The lowest BCUT2D eigenvalue weighted by molar-refractivity contribution is -0.237. The Kier molecular flexibility index (Phi) is 3.80. The summed E-state index contributed by atoms with van der Waals surface area (Å²) in [5.41, 5.74) is 1.86. The quantitative estimate of drug-likeness (QED) is 0.923. The van der Waals surface area contributed by atoms with E-state index in [1.165, 1.54) is 0 Å². The van der Waals surface area contributed by atoms with Crippen LogP contribution in [0.2, 0.25) is 0 Å². The van der Waals surface area contributed by atoms with Gasteiger partial charge in [0.1, 0.15) is 24.4 Å². The highest BCUT2D eigenvalue weighted by molar-refractivity contribution is 5.29. The molecule has 0 unspecified atom stereocenters. The predicted octanol–water partition coefficient (Wildman–Crippen LogP) is 1.92. The van der Waals surface area contributed by atoms with Gasteiger partial charge >= 0.3 is 0 Å². The number of benzene rings is 1. The minimum Gasteiger partial charge on any atom is -0.386 e. The Morgan fingerprint density at radius 3 is 2.52 bits per heavy atom. The molecule has 0 bridgehead atoms. The van der Waals surface area contributed by atoms with E-state index in [1.54, 1.807) is 7.11 Å². The van der Waals surface area contributed by atoms with Crippen molar-refractivity contribution in [3.8, 4) is 0 Å². The van der Waals surface area contributed by atoms with Gasteiger partial charge in [0, 0.05) is 7.11 Å². The molecule has 2 aliphatic heterocycles. The summed E-state index contributed by atoms with van der Waals surface area (Å²) >= 11 is 0. The molecule has 0 amide bonds. The number of methoxy groups -OCH3 is 1.